The number of hydrogen-bond donors (Lipinski definition) is 0. The Morgan fingerprint density at radius 2 is 0.513 bits per heavy atom. The van der Waals surface area contributed by atoms with Crippen molar-refractivity contribution in [1.29, 1.82) is 0 Å². The molecule has 0 spiro atoms. The van der Waals surface area contributed by atoms with Crippen molar-refractivity contribution in [2.75, 3.05) is 0 Å². The van der Waals surface area contributed by atoms with Crippen LogP contribution in [0.1, 0.15) is 136 Å². The molecular formula is C30H57B3O6. The molecule has 4 heterocycles. The van der Waals surface area contributed by atoms with Crippen LogP contribution in [-0.4, -0.2) is 58.0 Å². The molecule has 4 saturated heterocycles. The van der Waals surface area contributed by atoms with Crippen LogP contribution in [0.25, 0.3) is 0 Å². The van der Waals surface area contributed by atoms with Crippen molar-refractivity contribution in [3.63, 3.8) is 0 Å². The van der Waals surface area contributed by atoms with Crippen molar-refractivity contribution in [1.82, 2.24) is 0 Å². The largest absolute Gasteiger partial charge is 0.457 e. The first-order chi connectivity index (χ1) is 19.2. The first-order valence-electron chi connectivity index (χ1n) is 17.2. The molecule has 1 aliphatic carbocycles. The molecule has 6 nitrogen and oxygen atoms in total. The minimum Gasteiger partial charge on any atom is -0.403 e. The zero-order valence-corrected chi connectivity index (χ0v) is 25.5. The molecule has 0 aromatic heterocycles. The summed E-state index contributed by atoms with van der Waals surface area (Å²) in [4.78, 5) is 0. The molecule has 4 aliphatic heterocycles. The summed E-state index contributed by atoms with van der Waals surface area (Å²) in [5, 5.41) is 0. The van der Waals surface area contributed by atoms with Crippen LogP contribution < -0.4 is 0 Å². The average Bonchev–Trinajstić information content (AvgIpc) is 3.50. The molecule has 0 N–H and O–H groups in total. The zero-order valence-electron chi connectivity index (χ0n) is 25.5. The van der Waals surface area contributed by atoms with Crippen molar-refractivity contribution < 1.29 is 27.9 Å². The Kier molecular flexibility index (Phi) is 14.6. The SMILES string of the molecule is CCCCCCCCB1OC2[C@H]3OB(CCCCCCCC)O[C@H]3C(O1)[C@H]1OB(CCCCCCCC)O[C@@H]21. The molecule has 5 fully saturated rings. The predicted molar refractivity (Wildman–Crippen MR) is 161 cm³/mol. The van der Waals surface area contributed by atoms with Crippen LogP contribution in [-0.2, 0) is 27.9 Å². The molecule has 9 heteroatoms. The maximum Gasteiger partial charge on any atom is 0.457 e. The lowest BCUT2D eigenvalue weighted by molar-refractivity contribution is -0.106. The fourth-order valence-corrected chi connectivity index (χ4v) is 6.88. The smallest absolute Gasteiger partial charge is 0.403 e. The van der Waals surface area contributed by atoms with Gasteiger partial charge in [-0.15, -0.1) is 0 Å². The van der Waals surface area contributed by atoms with Crippen LogP contribution in [0.15, 0.2) is 0 Å². The molecule has 5 rings (SSSR count). The summed E-state index contributed by atoms with van der Waals surface area (Å²) < 4.78 is 39.5. The summed E-state index contributed by atoms with van der Waals surface area (Å²) in [6.07, 6.45) is 24.8. The van der Waals surface area contributed by atoms with Crippen LogP contribution in [0.2, 0.25) is 19.0 Å². The number of hydrogen-bond acceptors (Lipinski definition) is 6. The summed E-state index contributed by atoms with van der Waals surface area (Å²) in [7, 11) is -0.566. The Morgan fingerprint density at radius 1 is 0.308 bits per heavy atom. The van der Waals surface area contributed by atoms with Gasteiger partial charge in [0.15, 0.2) is 0 Å². The van der Waals surface area contributed by atoms with Gasteiger partial charge in [0.2, 0.25) is 0 Å². The second-order valence-corrected chi connectivity index (χ2v) is 12.6. The van der Waals surface area contributed by atoms with Crippen molar-refractivity contribution in [2.24, 2.45) is 0 Å². The summed E-state index contributed by atoms with van der Waals surface area (Å²) in [5.74, 6) is 0. The lowest BCUT2D eigenvalue weighted by atomic mass is 9.80. The third-order valence-corrected chi connectivity index (χ3v) is 9.18. The van der Waals surface area contributed by atoms with Crippen molar-refractivity contribution in [2.45, 2.75) is 192 Å². The molecule has 0 amide bonds. The minimum atomic E-state index is -0.226. The molecular weight excluding hydrogens is 489 g/mol. The van der Waals surface area contributed by atoms with Gasteiger partial charge in [0.1, 0.15) is 0 Å². The number of fused-ring (bicyclic) bond motifs is 2. The molecule has 222 valence electrons. The first-order valence-corrected chi connectivity index (χ1v) is 17.2. The van der Waals surface area contributed by atoms with Gasteiger partial charge in [0.05, 0.1) is 36.6 Å². The van der Waals surface area contributed by atoms with Gasteiger partial charge in [0, 0.05) is 0 Å². The highest BCUT2D eigenvalue weighted by atomic mass is 16.7. The Balaban J connectivity index is 1.29. The molecule has 0 unspecified atom stereocenters. The Bertz CT molecular complexity index is 590. The Labute approximate surface area is 241 Å². The first kappa shape index (κ1) is 31.9. The second kappa shape index (κ2) is 17.8. The van der Waals surface area contributed by atoms with E-state index in [1.807, 2.05) is 0 Å². The van der Waals surface area contributed by atoms with Crippen LogP contribution in [0.5, 0.6) is 0 Å². The molecule has 0 aromatic carbocycles. The third kappa shape index (κ3) is 9.48. The molecule has 1 saturated carbocycles. The molecule has 2 bridgehead atoms. The highest BCUT2D eigenvalue weighted by molar-refractivity contribution is 6.47. The molecule has 0 aromatic rings. The lowest BCUT2D eigenvalue weighted by Crippen LogP contribution is -2.60. The third-order valence-electron chi connectivity index (χ3n) is 9.18. The van der Waals surface area contributed by atoms with E-state index in [0.717, 1.165) is 38.2 Å². The average molecular weight is 546 g/mol. The predicted octanol–water partition coefficient (Wildman–Crippen LogP) is 7.90. The van der Waals surface area contributed by atoms with E-state index in [1.165, 1.54) is 96.3 Å². The van der Waals surface area contributed by atoms with E-state index in [9.17, 15) is 0 Å². The highest BCUT2D eigenvalue weighted by Gasteiger charge is 2.65. The van der Waals surface area contributed by atoms with E-state index >= 15 is 0 Å². The zero-order chi connectivity index (χ0) is 27.3. The van der Waals surface area contributed by atoms with Crippen molar-refractivity contribution in [3.8, 4) is 0 Å². The van der Waals surface area contributed by atoms with Gasteiger partial charge in [-0.25, -0.2) is 0 Å². The maximum atomic E-state index is 6.66. The van der Waals surface area contributed by atoms with E-state index in [2.05, 4.69) is 20.8 Å². The summed E-state index contributed by atoms with van der Waals surface area (Å²) in [6.45, 7) is 6.79. The van der Waals surface area contributed by atoms with E-state index in [0.29, 0.717) is 0 Å². The fraction of sp³-hybridized carbons (Fsp3) is 1.00. The van der Waals surface area contributed by atoms with Gasteiger partial charge in [-0.2, -0.15) is 0 Å². The number of rotatable bonds is 21. The second-order valence-electron chi connectivity index (χ2n) is 12.6. The molecule has 5 aliphatic rings. The van der Waals surface area contributed by atoms with E-state index in [1.54, 1.807) is 0 Å². The van der Waals surface area contributed by atoms with Gasteiger partial charge in [-0.05, 0) is 19.0 Å². The fourth-order valence-electron chi connectivity index (χ4n) is 6.88. The summed E-state index contributed by atoms with van der Waals surface area (Å²) in [5.41, 5.74) is 0. The normalized spacial score (nSPS) is 29.8. The molecule has 39 heavy (non-hydrogen) atoms. The maximum absolute atomic E-state index is 6.66. The quantitative estimate of drug-likeness (QED) is 0.108. The van der Waals surface area contributed by atoms with E-state index in [-0.39, 0.29) is 58.0 Å². The minimum absolute atomic E-state index is 0.132. The van der Waals surface area contributed by atoms with E-state index < -0.39 is 0 Å². The van der Waals surface area contributed by atoms with Crippen molar-refractivity contribution in [3.05, 3.63) is 0 Å². The lowest BCUT2D eigenvalue weighted by Gasteiger charge is -2.40. The highest BCUT2D eigenvalue weighted by Crippen LogP contribution is 2.44. The topological polar surface area (TPSA) is 55.4 Å². The van der Waals surface area contributed by atoms with E-state index in [4.69, 9.17) is 27.9 Å². The van der Waals surface area contributed by atoms with Crippen LogP contribution in [0.4, 0.5) is 0 Å². The van der Waals surface area contributed by atoms with Crippen molar-refractivity contribution >= 4 is 21.4 Å². The summed E-state index contributed by atoms with van der Waals surface area (Å²) in [6, 6.07) is 0. The van der Waals surface area contributed by atoms with Gasteiger partial charge in [0.25, 0.3) is 0 Å². The Hall–Kier alpha value is -0.0452. The number of unbranched alkanes of at least 4 members (excludes halogenated alkanes) is 15. The monoisotopic (exact) mass is 546 g/mol. The molecule has 0 atom stereocenters. The van der Waals surface area contributed by atoms with Crippen LogP contribution in [0, 0.1) is 0 Å². The van der Waals surface area contributed by atoms with Gasteiger partial charge in [-0.1, -0.05) is 136 Å². The van der Waals surface area contributed by atoms with Gasteiger partial charge < -0.3 is 27.9 Å². The van der Waals surface area contributed by atoms with Crippen LogP contribution in [0.3, 0.4) is 0 Å². The summed E-state index contributed by atoms with van der Waals surface area (Å²) >= 11 is 0. The Morgan fingerprint density at radius 3 is 0.744 bits per heavy atom. The van der Waals surface area contributed by atoms with Crippen LogP contribution >= 0.6 is 0 Å². The van der Waals surface area contributed by atoms with Gasteiger partial charge in [-0.3, -0.25) is 0 Å². The van der Waals surface area contributed by atoms with Gasteiger partial charge >= 0.3 is 21.4 Å². The standard InChI is InChI=1S/C30H57B3O6/c1-4-7-10-13-16-19-22-31-34-25-26(35-31)30-28-27(36-32(37-28)23-20-17-14-11-8-5-2)29(25)38-33(39-30)24-21-18-15-12-9-6-3/h25-30H,4-24H2,1-3H3/t25-,26+,27+,28-,29?,30?. The molecule has 0 radical (unpaired) electrons.